The lowest BCUT2D eigenvalue weighted by Gasteiger charge is -2.13. The maximum atomic E-state index is 6.19. The van der Waals surface area contributed by atoms with Crippen molar-refractivity contribution in [2.75, 3.05) is 5.75 Å². The summed E-state index contributed by atoms with van der Waals surface area (Å²) >= 11 is 13.8. The highest BCUT2D eigenvalue weighted by Crippen LogP contribution is 2.24. The summed E-state index contributed by atoms with van der Waals surface area (Å²) in [4.78, 5) is 1.25. The molecule has 2 N–H and O–H groups in total. The summed E-state index contributed by atoms with van der Waals surface area (Å²) < 4.78 is 0. The number of halogens is 2. The molecule has 0 amide bonds. The van der Waals surface area contributed by atoms with Crippen LogP contribution in [-0.2, 0) is 6.42 Å². The van der Waals surface area contributed by atoms with Crippen LogP contribution in [0, 0.1) is 6.92 Å². The van der Waals surface area contributed by atoms with E-state index >= 15 is 0 Å². The normalized spacial score (nSPS) is 12.4. The zero-order chi connectivity index (χ0) is 14.5. The Hall–Kier alpha value is -0.670. The molecule has 0 aromatic heterocycles. The van der Waals surface area contributed by atoms with E-state index in [1.807, 2.05) is 12.1 Å². The first-order valence-corrected chi connectivity index (χ1v) is 8.18. The van der Waals surface area contributed by atoms with Crippen LogP contribution in [0.1, 0.15) is 11.1 Å². The van der Waals surface area contributed by atoms with Gasteiger partial charge in [-0.25, -0.2) is 0 Å². The zero-order valence-corrected chi connectivity index (χ0v) is 13.6. The second-order valence-electron chi connectivity index (χ2n) is 4.83. The van der Waals surface area contributed by atoms with Gasteiger partial charge < -0.3 is 5.73 Å². The second-order valence-corrected chi connectivity index (χ2v) is 6.76. The fourth-order valence-electron chi connectivity index (χ4n) is 1.94. The van der Waals surface area contributed by atoms with E-state index in [9.17, 15) is 0 Å². The molecule has 1 atom stereocenters. The summed E-state index contributed by atoms with van der Waals surface area (Å²) in [6.07, 6.45) is 0.759. The van der Waals surface area contributed by atoms with Crippen LogP contribution < -0.4 is 5.73 Å². The Morgan fingerprint density at radius 2 is 1.95 bits per heavy atom. The standard InChI is InChI=1S/C16H17Cl2NS/c1-11-3-2-4-15(7-11)20-10-14(19)8-12-5-6-13(17)9-16(12)18/h2-7,9,14H,8,10,19H2,1H3. The van der Waals surface area contributed by atoms with Gasteiger partial charge in [-0.2, -0.15) is 0 Å². The Labute approximate surface area is 134 Å². The Bertz CT molecular complexity index is 586. The first-order chi connectivity index (χ1) is 9.54. The highest BCUT2D eigenvalue weighted by Gasteiger charge is 2.08. The van der Waals surface area contributed by atoms with Crippen LogP contribution in [0.4, 0.5) is 0 Å². The van der Waals surface area contributed by atoms with Crippen LogP contribution >= 0.6 is 35.0 Å². The minimum atomic E-state index is 0.0687. The summed E-state index contributed by atoms with van der Waals surface area (Å²) in [6.45, 7) is 2.09. The van der Waals surface area contributed by atoms with E-state index < -0.39 is 0 Å². The molecule has 2 aromatic rings. The van der Waals surface area contributed by atoms with Crippen LogP contribution in [-0.4, -0.2) is 11.8 Å². The van der Waals surface area contributed by atoms with Crippen molar-refractivity contribution in [3.05, 3.63) is 63.6 Å². The number of hydrogen-bond acceptors (Lipinski definition) is 2. The predicted octanol–water partition coefficient (Wildman–Crippen LogP) is 4.96. The van der Waals surface area contributed by atoms with Gasteiger partial charge in [0, 0.05) is 26.7 Å². The minimum absolute atomic E-state index is 0.0687. The van der Waals surface area contributed by atoms with E-state index in [0.29, 0.717) is 10.0 Å². The maximum absolute atomic E-state index is 6.19. The molecule has 0 aliphatic heterocycles. The summed E-state index contributed by atoms with van der Waals surface area (Å²) in [5, 5.41) is 1.34. The van der Waals surface area contributed by atoms with E-state index in [1.54, 1.807) is 17.8 Å². The molecule has 4 heteroatoms. The molecule has 106 valence electrons. The first-order valence-electron chi connectivity index (χ1n) is 6.43. The molecule has 1 nitrogen and oxygen atoms in total. The van der Waals surface area contributed by atoms with Crippen LogP contribution in [0.15, 0.2) is 47.4 Å². The number of hydrogen-bond donors (Lipinski definition) is 1. The van der Waals surface area contributed by atoms with Crippen molar-refractivity contribution in [3.63, 3.8) is 0 Å². The van der Waals surface area contributed by atoms with Gasteiger partial charge in [0.1, 0.15) is 0 Å². The van der Waals surface area contributed by atoms with E-state index in [4.69, 9.17) is 28.9 Å². The van der Waals surface area contributed by atoms with Gasteiger partial charge in [-0.3, -0.25) is 0 Å². The largest absolute Gasteiger partial charge is 0.327 e. The molecule has 0 heterocycles. The number of benzene rings is 2. The second kappa shape index (κ2) is 7.37. The molecule has 0 spiro atoms. The first kappa shape index (κ1) is 15.7. The fourth-order valence-corrected chi connectivity index (χ4v) is 3.39. The Balaban J connectivity index is 1.90. The van der Waals surface area contributed by atoms with E-state index in [-0.39, 0.29) is 6.04 Å². The monoisotopic (exact) mass is 325 g/mol. The minimum Gasteiger partial charge on any atom is -0.327 e. The predicted molar refractivity (Wildman–Crippen MR) is 90.0 cm³/mol. The third kappa shape index (κ3) is 4.71. The van der Waals surface area contributed by atoms with Gasteiger partial charge in [0.2, 0.25) is 0 Å². The average molecular weight is 326 g/mol. The topological polar surface area (TPSA) is 26.0 Å². The molecule has 0 aliphatic carbocycles. The Morgan fingerprint density at radius 3 is 2.65 bits per heavy atom. The molecule has 0 bridgehead atoms. The van der Waals surface area contributed by atoms with Crippen molar-refractivity contribution in [3.8, 4) is 0 Å². The molecule has 0 fully saturated rings. The quantitative estimate of drug-likeness (QED) is 0.786. The van der Waals surface area contributed by atoms with Crippen molar-refractivity contribution < 1.29 is 0 Å². The molecule has 0 aliphatic rings. The molecular formula is C16H17Cl2NS. The maximum Gasteiger partial charge on any atom is 0.0453 e. The van der Waals surface area contributed by atoms with Gasteiger partial charge >= 0.3 is 0 Å². The lowest BCUT2D eigenvalue weighted by Crippen LogP contribution is -2.25. The Morgan fingerprint density at radius 1 is 1.15 bits per heavy atom. The highest BCUT2D eigenvalue weighted by molar-refractivity contribution is 7.99. The lowest BCUT2D eigenvalue weighted by atomic mass is 10.1. The Kier molecular flexibility index (Phi) is 5.79. The summed E-state index contributed by atoms with van der Waals surface area (Å²) in [7, 11) is 0. The van der Waals surface area contributed by atoms with E-state index in [1.165, 1.54) is 10.5 Å². The van der Waals surface area contributed by atoms with Gasteiger partial charge in [-0.05, 0) is 43.2 Å². The van der Waals surface area contributed by atoms with Crippen molar-refractivity contribution in [2.24, 2.45) is 5.73 Å². The number of nitrogens with two attached hydrogens (primary N) is 1. The fraction of sp³-hybridized carbons (Fsp3) is 0.250. The number of thioether (sulfide) groups is 1. The van der Waals surface area contributed by atoms with E-state index in [2.05, 4.69) is 31.2 Å². The zero-order valence-electron chi connectivity index (χ0n) is 11.3. The van der Waals surface area contributed by atoms with Gasteiger partial charge in [0.25, 0.3) is 0 Å². The molecule has 0 radical (unpaired) electrons. The molecule has 1 unspecified atom stereocenters. The van der Waals surface area contributed by atoms with Crippen LogP contribution in [0.2, 0.25) is 10.0 Å². The average Bonchev–Trinajstić information content (AvgIpc) is 2.40. The van der Waals surface area contributed by atoms with Crippen LogP contribution in [0.5, 0.6) is 0 Å². The van der Waals surface area contributed by atoms with Crippen molar-refractivity contribution in [1.29, 1.82) is 0 Å². The lowest BCUT2D eigenvalue weighted by molar-refractivity contribution is 0.749. The van der Waals surface area contributed by atoms with E-state index in [0.717, 1.165) is 17.7 Å². The molecule has 0 saturated carbocycles. The van der Waals surface area contributed by atoms with Gasteiger partial charge in [0.05, 0.1) is 0 Å². The summed E-state index contributed by atoms with van der Waals surface area (Å²) in [6, 6.07) is 14.1. The van der Waals surface area contributed by atoms with Crippen molar-refractivity contribution in [1.82, 2.24) is 0 Å². The van der Waals surface area contributed by atoms with Gasteiger partial charge in [-0.1, -0.05) is 47.0 Å². The molecule has 0 saturated heterocycles. The third-order valence-corrected chi connectivity index (χ3v) is 4.72. The molecular weight excluding hydrogens is 309 g/mol. The van der Waals surface area contributed by atoms with Gasteiger partial charge in [0.15, 0.2) is 0 Å². The van der Waals surface area contributed by atoms with Crippen molar-refractivity contribution in [2.45, 2.75) is 24.3 Å². The number of rotatable bonds is 5. The van der Waals surface area contributed by atoms with Crippen LogP contribution in [0.25, 0.3) is 0 Å². The smallest absolute Gasteiger partial charge is 0.0453 e. The van der Waals surface area contributed by atoms with Gasteiger partial charge in [-0.15, -0.1) is 11.8 Å². The third-order valence-electron chi connectivity index (χ3n) is 2.95. The molecule has 2 aromatic carbocycles. The van der Waals surface area contributed by atoms with Crippen molar-refractivity contribution >= 4 is 35.0 Å². The number of aryl methyl sites for hydroxylation is 1. The molecule has 2 rings (SSSR count). The van der Waals surface area contributed by atoms with Crippen LogP contribution in [0.3, 0.4) is 0 Å². The SMILES string of the molecule is Cc1cccc(SCC(N)Cc2ccc(Cl)cc2Cl)c1. The summed E-state index contributed by atoms with van der Waals surface area (Å²) in [5.74, 6) is 0.864. The molecule has 20 heavy (non-hydrogen) atoms. The highest BCUT2D eigenvalue weighted by atomic mass is 35.5. The summed E-state index contributed by atoms with van der Waals surface area (Å²) in [5.41, 5.74) is 8.50.